The third-order valence-corrected chi connectivity index (χ3v) is 3.44. The number of alkyl halides is 6. The molecule has 0 saturated heterocycles. The number of hydrogen-bond acceptors (Lipinski definition) is 1. The van der Waals surface area contributed by atoms with Gasteiger partial charge < -0.3 is 4.74 Å². The van der Waals surface area contributed by atoms with Crippen LogP contribution in [-0.2, 0) is 12.4 Å². The van der Waals surface area contributed by atoms with Gasteiger partial charge >= 0.3 is 12.4 Å². The van der Waals surface area contributed by atoms with E-state index in [9.17, 15) is 26.3 Å². The average Bonchev–Trinajstić information content (AvgIpc) is 2.52. The van der Waals surface area contributed by atoms with Gasteiger partial charge in [0.15, 0.2) is 0 Å². The molecular formula is C16H11BF6O. The van der Waals surface area contributed by atoms with Crippen molar-refractivity contribution in [3.63, 3.8) is 0 Å². The van der Waals surface area contributed by atoms with Crippen molar-refractivity contribution in [3.8, 4) is 5.75 Å². The van der Waals surface area contributed by atoms with E-state index in [0.717, 1.165) is 0 Å². The number of ether oxygens (including phenoxy) is 1. The molecule has 2 aromatic rings. The van der Waals surface area contributed by atoms with Crippen LogP contribution in [0.5, 0.6) is 5.75 Å². The fourth-order valence-electron chi connectivity index (χ4n) is 2.16. The molecule has 24 heavy (non-hydrogen) atoms. The van der Waals surface area contributed by atoms with E-state index in [0.29, 0.717) is 23.4 Å². The Balaban J connectivity index is 2.51. The third kappa shape index (κ3) is 4.04. The van der Waals surface area contributed by atoms with Gasteiger partial charge in [0.05, 0.1) is 26.1 Å². The van der Waals surface area contributed by atoms with Gasteiger partial charge in [0.1, 0.15) is 5.75 Å². The zero-order chi connectivity index (χ0) is 18.1. The molecule has 0 amide bonds. The largest absolute Gasteiger partial charge is 0.497 e. The van der Waals surface area contributed by atoms with Crippen LogP contribution < -0.4 is 4.74 Å². The van der Waals surface area contributed by atoms with Crippen molar-refractivity contribution in [1.82, 2.24) is 0 Å². The minimum Gasteiger partial charge on any atom is -0.497 e. The maximum atomic E-state index is 12.9. The van der Waals surface area contributed by atoms with Gasteiger partial charge in [-0.15, -0.1) is 0 Å². The number of benzene rings is 2. The molecule has 2 rings (SSSR count). The normalized spacial score (nSPS) is 13.6. The van der Waals surface area contributed by atoms with Crippen molar-refractivity contribution in [2.45, 2.75) is 18.2 Å². The van der Waals surface area contributed by atoms with Gasteiger partial charge in [0, 0.05) is 0 Å². The highest BCUT2D eigenvalue weighted by Crippen LogP contribution is 2.38. The second-order valence-corrected chi connectivity index (χ2v) is 5.09. The lowest BCUT2D eigenvalue weighted by Crippen LogP contribution is -2.13. The van der Waals surface area contributed by atoms with Crippen LogP contribution in [0.4, 0.5) is 26.3 Å². The van der Waals surface area contributed by atoms with Gasteiger partial charge in [-0.2, -0.15) is 26.3 Å². The van der Waals surface area contributed by atoms with Gasteiger partial charge in [-0.25, -0.2) is 0 Å². The lowest BCUT2D eigenvalue weighted by molar-refractivity contribution is -0.143. The molecule has 2 radical (unpaired) electrons. The van der Waals surface area contributed by atoms with E-state index >= 15 is 0 Å². The first-order valence-corrected chi connectivity index (χ1v) is 6.71. The molecule has 1 atom stereocenters. The molecule has 0 spiro atoms. The summed E-state index contributed by atoms with van der Waals surface area (Å²) in [5.41, 5.74) is -2.70. The van der Waals surface area contributed by atoms with Crippen LogP contribution >= 0.6 is 0 Å². The molecule has 0 saturated carbocycles. The summed E-state index contributed by atoms with van der Waals surface area (Å²) in [6.07, 6.45) is -9.81. The highest BCUT2D eigenvalue weighted by atomic mass is 19.4. The predicted octanol–water partition coefficient (Wildman–Crippen LogP) is 4.99. The molecule has 0 aliphatic heterocycles. The number of rotatable bonds is 3. The fraction of sp³-hybridized carbons (Fsp3) is 0.250. The maximum Gasteiger partial charge on any atom is 0.416 e. The summed E-state index contributed by atoms with van der Waals surface area (Å²) in [4.78, 5) is 0. The molecule has 0 aromatic heterocycles. The molecule has 8 heteroatoms. The lowest BCUT2D eigenvalue weighted by atomic mass is 9.75. The molecule has 0 aliphatic rings. The molecular weight excluding hydrogens is 333 g/mol. The van der Waals surface area contributed by atoms with Gasteiger partial charge in [0.25, 0.3) is 0 Å². The van der Waals surface area contributed by atoms with Gasteiger partial charge in [0.2, 0.25) is 0 Å². The summed E-state index contributed by atoms with van der Waals surface area (Å²) in [5.74, 6) is -0.648. The van der Waals surface area contributed by atoms with Gasteiger partial charge in [-0.3, -0.25) is 0 Å². The van der Waals surface area contributed by atoms with Crippen LogP contribution in [-0.4, -0.2) is 15.0 Å². The molecule has 0 aliphatic carbocycles. The van der Waals surface area contributed by atoms with Crippen molar-refractivity contribution in [2.75, 3.05) is 7.11 Å². The smallest absolute Gasteiger partial charge is 0.416 e. The van der Waals surface area contributed by atoms with Crippen molar-refractivity contribution < 1.29 is 31.1 Å². The topological polar surface area (TPSA) is 9.23 Å². The fourth-order valence-corrected chi connectivity index (χ4v) is 2.16. The van der Waals surface area contributed by atoms with Crippen molar-refractivity contribution >= 4 is 7.85 Å². The standard InChI is InChI=1S/C16H11BF6O/c1-24-13-4-2-9(3-5-13)14(17)10-6-11(15(18,19)20)8-12(7-10)16(21,22)23/h2-8,14H,1H3. The summed E-state index contributed by atoms with van der Waals surface area (Å²) in [7, 11) is 7.28. The molecule has 1 nitrogen and oxygen atoms in total. The van der Waals surface area contributed by atoms with Crippen LogP contribution in [0.2, 0.25) is 0 Å². The third-order valence-electron chi connectivity index (χ3n) is 3.44. The molecule has 0 N–H and O–H groups in total. The van der Waals surface area contributed by atoms with Crippen LogP contribution in [0.25, 0.3) is 0 Å². The van der Waals surface area contributed by atoms with E-state index < -0.39 is 29.3 Å². The first-order chi connectivity index (χ1) is 11.0. The molecule has 126 valence electrons. The first-order valence-electron chi connectivity index (χ1n) is 6.71. The maximum absolute atomic E-state index is 12.9. The van der Waals surface area contributed by atoms with E-state index in [1.54, 1.807) is 0 Å². The van der Waals surface area contributed by atoms with Crippen LogP contribution in [0, 0.1) is 0 Å². The van der Waals surface area contributed by atoms with Gasteiger partial charge in [-0.1, -0.05) is 12.1 Å². The average molecular weight is 344 g/mol. The quantitative estimate of drug-likeness (QED) is 0.563. The van der Waals surface area contributed by atoms with Crippen molar-refractivity contribution in [3.05, 3.63) is 64.7 Å². The number of methoxy groups -OCH3 is 1. The predicted molar refractivity (Wildman–Crippen MR) is 77.0 cm³/mol. The Morgan fingerprint density at radius 3 is 1.62 bits per heavy atom. The summed E-state index contributed by atoms with van der Waals surface area (Å²) in [6, 6.07) is 7.34. The van der Waals surface area contributed by atoms with E-state index in [4.69, 9.17) is 12.6 Å². The molecule has 1 unspecified atom stereocenters. The SMILES string of the molecule is [B]C(c1ccc(OC)cc1)c1cc(C(F)(F)F)cc(C(F)(F)F)c1. The van der Waals surface area contributed by atoms with Gasteiger partial charge in [-0.05, 0) is 47.3 Å². The number of halogens is 6. The Labute approximate surface area is 135 Å². The summed E-state index contributed by atoms with van der Waals surface area (Å²) >= 11 is 0. The Bertz CT molecular complexity index is 674. The Hall–Kier alpha value is -2.12. The molecule has 0 heterocycles. The number of hydrogen-bond donors (Lipinski definition) is 0. The molecule has 2 aromatic carbocycles. The van der Waals surface area contributed by atoms with Crippen LogP contribution in [0.3, 0.4) is 0 Å². The second kappa shape index (κ2) is 6.41. The highest BCUT2D eigenvalue weighted by molar-refractivity contribution is 6.14. The zero-order valence-corrected chi connectivity index (χ0v) is 12.4. The first kappa shape index (κ1) is 18.2. The van der Waals surface area contributed by atoms with E-state index in [2.05, 4.69) is 0 Å². The molecule has 0 fully saturated rings. The monoisotopic (exact) mass is 344 g/mol. The van der Waals surface area contributed by atoms with Crippen LogP contribution in [0.1, 0.15) is 28.1 Å². The van der Waals surface area contributed by atoms with E-state index in [1.807, 2.05) is 0 Å². The zero-order valence-electron chi connectivity index (χ0n) is 12.4. The second-order valence-electron chi connectivity index (χ2n) is 5.09. The van der Waals surface area contributed by atoms with Crippen molar-refractivity contribution in [2.24, 2.45) is 0 Å². The highest BCUT2D eigenvalue weighted by Gasteiger charge is 2.37. The van der Waals surface area contributed by atoms with E-state index in [-0.39, 0.29) is 11.6 Å². The molecule has 0 bridgehead atoms. The summed E-state index contributed by atoms with van der Waals surface area (Å²) in [5, 5.41) is 0. The summed E-state index contributed by atoms with van der Waals surface area (Å²) in [6.45, 7) is 0. The minimum atomic E-state index is -4.91. The minimum absolute atomic E-state index is 0.0737. The Morgan fingerprint density at radius 1 is 0.792 bits per heavy atom. The van der Waals surface area contributed by atoms with Crippen LogP contribution in [0.15, 0.2) is 42.5 Å². The Morgan fingerprint density at radius 2 is 1.25 bits per heavy atom. The lowest BCUT2D eigenvalue weighted by Gasteiger charge is -2.19. The van der Waals surface area contributed by atoms with E-state index in [1.165, 1.54) is 31.4 Å². The summed E-state index contributed by atoms with van der Waals surface area (Å²) < 4.78 is 82.2. The Kier molecular flexibility index (Phi) is 4.87. The van der Waals surface area contributed by atoms with Crippen molar-refractivity contribution in [1.29, 1.82) is 0 Å².